The predicted molar refractivity (Wildman–Crippen MR) is 116 cm³/mol. The van der Waals surface area contributed by atoms with Crippen LogP contribution in [-0.2, 0) is 6.18 Å². The van der Waals surface area contributed by atoms with E-state index in [1.807, 2.05) is 12.1 Å². The number of carbonyl (C=O) groups excluding carboxylic acids is 1. The number of benzene rings is 2. The lowest BCUT2D eigenvalue weighted by molar-refractivity contribution is -0.137. The minimum atomic E-state index is -4.41. The highest BCUT2D eigenvalue weighted by Crippen LogP contribution is 2.35. The average Bonchev–Trinajstić information content (AvgIpc) is 2.72. The van der Waals surface area contributed by atoms with E-state index in [1.54, 1.807) is 12.1 Å². The fraction of sp³-hybridized carbons (Fsp3) is 0.458. The van der Waals surface area contributed by atoms with Crippen molar-refractivity contribution in [2.24, 2.45) is 5.92 Å². The Bertz CT molecular complexity index is 821. The molecular weight excluding hydrogens is 405 g/mol. The highest BCUT2D eigenvalue weighted by molar-refractivity contribution is 6.59. The van der Waals surface area contributed by atoms with Gasteiger partial charge < -0.3 is 4.74 Å². The predicted octanol–water partition coefficient (Wildman–Crippen LogP) is 7.08. The van der Waals surface area contributed by atoms with Crippen LogP contribution < -0.4 is 4.74 Å². The zero-order chi connectivity index (χ0) is 21.7. The van der Waals surface area contributed by atoms with Gasteiger partial charge in [0, 0.05) is 8.80 Å². The first-order valence-corrected chi connectivity index (χ1v) is 13.2. The van der Waals surface area contributed by atoms with Crippen molar-refractivity contribution in [3.63, 3.8) is 0 Å². The van der Waals surface area contributed by atoms with Crippen LogP contribution in [0, 0.1) is 5.92 Å². The van der Waals surface area contributed by atoms with Gasteiger partial charge in [-0.3, -0.25) is 0 Å². The fourth-order valence-electron chi connectivity index (χ4n) is 4.12. The summed E-state index contributed by atoms with van der Waals surface area (Å²) in [5.74, 6) is 0.894. The first kappa shape index (κ1) is 22.6. The average molecular weight is 435 g/mol. The van der Waals surface area contributed by atoms with E-state index in [-0.39, 0.29) is 5.75 Å². The lowest BCUT2D eigenvalue weighted by atomic mass is 9.93. The van der Waals surface area contributed by atoms with Crippen LogP contribution in [0.4, 0.5) is 13.2 Å². The van der Waals surface area contributed by atoms with E-state index in [2.05, 4.69) is 13.8 Å². The Morgan fingerprint density at radius 1 is 1.03 bits per heavy atom. The van der Waals surface area contributed by atoms with E-state index in [0.29, 0.717) is 11.5 Å². The van der Waals surface area contributed by atoms with Crippen LogP contribution in [0.2, 0.25) is 18.1 Å². The third kappa shape index (κ3) is 6.21. The van der Waals surface area contributed by atoms with Crippen molar-refractivity contribution in [1.82, 2.24) is 0 Å². The summed E-state index contributed by atoms with van der Waals surface area (Å²) in [5.41, 5.74) is 0.893. The minimum Gasteiger partial charge on any atom is -0.423 e. The molecule has 0 bridgehead atoms. The normalized spacial score (nSPS) is 19.7. The molecule has 0 atom stereocenters. The van der Waals surface area contributed by atoms with Gasteiger partial charge in [0.15, 0.2) is 0 Å². The van der Waals surface area contributed by atoms with Crippen molar-refractivity contribution in [2.75, 3.05) is 0 Å². The maximum Gasteiger partial charge on any atom is 0.416 e. The van der Waals surface area contributed by atoms with Crippen molar-refractivity contribution in [3.8, 4) is 5.75 Å². The summed E-state index contributed by atoms with van der Waals surface area (Å²) in [6.45, 7) is 4.59. The highest BCUT2D eigenvalue weighted by atomic mass is 28.3. The van der Waals surface area contributed by atoms with Crippen molar-refractivity contribution >= 4 is 14.8 Å². The second-order valence-corrected chi connectivity index (χ2v) is 12.2. The van der Waals surface area contributed by atoms with Crippen molar-refractivity contribution < 1.29 is 22.7 Å². The van der Waals surface area contributed by atoms with Crippen LogP contribution in [-0.4, -0.2) is 14.8 Å². The first-order valence-electron chi connectivity index (χ1n) is 10.7. The van der Waals surface area contributed by atoms with Gasteiger partial charge in [-0.25, -0.2) is 4.79 Å². The molecule has 0 aliphatic carbocycles. The van der Waals surface area contributed by atoms with E-state index < -0.39 is 26.5 Å². The minimum absolute atomic E-state index is 0.0988. The van der Waals surface area contributed by atoms with Crippen LogP contribution in [0.5, 0.6) is 5.75 Å². The molecule has 0 unspecified atom stereocenters. The lowest BCUT2D eigenvalue weighted by Crippen LogP contribution is -2.21. The second kappa shape index (κ2) is 9.82. The van der Waals surface area contributed by atoms with Gasteiger partial charge in [-0.1, -0.05) is 50.5 Å². The summed E-state index contributed by atoms with van der Waals surface area (Å²) >= 11 is 0. The van der Waals surface area contributed by atoms with Crippen molar-refractivity contribution in [3.05, 3.63) is 65.2 Å². The zero-order valence-corrected chi connectivity index (χ0v) is 18.7. The quantitative estimate of drug-likeness (QED) is 0.276. The summed E-state index contributed by atoms with van der Waals surface area (Å²) in [6.07, 6.45) is -0.569. The van der Waals surface area contributed by atoms with Crippen molar-refractivity contribution in [1.29, 1.82) is 0 Å². The van der Waals surface area contributed by atoms with Gasteiger partial charge in [0.25, 0.3) is 0 Å². The Balaban J connectivity index is 1.53. The molecule has 0 spiro atoms. The number of alkyl halides is 3. The van der Waals surface area contributed by atoms with Gasteiger partial charge in [0.1, 0.15) is 5.75 Å². The number of esters is 1. The van der Waals surface area contributed by atoms with Gasteiger partial charge in [-0.15, -0.1) is 0 Å². The fourth-order valence-corrected chi connectivity index (χ4v) is 7.87. The van der Waals surface area contributed by atoms with Gasteiger partial charge in [0.2, 0.25) is 0 Å². The number of rotatable bonds is 6. The molecule has 2 nitrogen and oxygen atoms in total. The molecule has 0 amide bonds. The highest BCUT2D eigenvalue weighted by Gasteiger charge is 2.30. The Hall–Kier alpha value is -2.08. The standard InChI is InChI=1S/C24H29F3O2Si/c1-17(2)11-14-30-15-12-19(13-16-30)18-3-5-20(6-4-18)23(28)29-22-9-7-21(8-10-22)24(25,26)27/h3-10,17,19,30H,11-16H2,1-2H3. The largest absolute Gasteiger partial charge is 0.423 e. The van der Waals surface area contributed by atoms with E-state index in [9.17, 15) is 18.0 Å². The smallest absolute Gasteiger partial charge is 0.416 e. The van der Waals surface area contributed by atoms with Gasteiger partial charge in [-0.2, -0.15) is 13.2 Å². The summed E-state index contributed by atoms with van der Waals surface area (Å²) < 4.78 is 43.1. The molecule has 1 saturated heterocycles. The maximum atomic E-state index is 12.6. The number of halogens is 3. The molecule has 30 heavy (non-hydrogen) atoms. The van der Waals surface area contributed by atoms with Crippen LogP contribution in [0.25, 0.3) is 0 Å². The molecule has 1 heterocycles. The Labute approximate surface area is 178 Å². The molecular formula is C24H29F3O2Si. The van der Waals surface area contributed by atoms with Gasteiger partial charge in [0.05, 0.1) is 11.1 Å². The van der Waals surface area contributed by atoms with E-state index in [4.69, 9.17) is 4.74 Å². The molecule has 2 aromatic carbocycles. The third-order valence-corrected chi connectivity index (χ3v) is 9.46. The summed E-state index contributed by atoms with van der Waals surface area (Å²) in [7, 11) is -0.570. The van der Waals surface area contributed by atoms with Gasteiger partial charge in [-0.05, 0) is 66.6 Å². The Kier molecular flexibility index (Phi) is 7.39. The first-order chi connectivity index (χ1) is 14.2. The molecule has 2 aromatic rings. The molecule has 0 N–H and O–H groups in total. The molecule has 0 aromatic heterocycles. The summed E-state index contributed by atoms with van der Waals surface area (Å²) in [4.78, 5) is 12.3. The molecule has 3 rings (SSSR count). The summed E-state index contributed by atoms with van der Waals surface area (Å²) in [6, 6.07) is 15.9. The topological polar surface area (TPSA) is 26.3 Å². The van der Waals surface area contributed by atoms with Crippen LogP contribution in [0.3, 0.4) is 0 Å². The third-order valence-electron chi connectivity index (χ3n) is 6.01. The monoisotopic (exact) mass is 434 g/mol. The number of carbonyl (C=O) groups is 1. The molecule has 162 valence electrons. The number of ether oxygens (including phenoxy) is 1. The maximum absolute atomic E-state index is 12.6. The van der Waals surface area contributed by atoms with E-state index >= 15 is 0 Å². The van der Waals surface area contributed by atoms with Crippen LogP contribution in [0.1, 0.15) is 60.5 Å². The molecule has 1 aliphatic heterocycles. The van der Waals surface area contributed by atoms with Crippen LogP contribution >= 0.6 is 0 Å². The zero-order valence-electron chi connectivity index (χ0n) is 17.5. The molecule has 1 aliphatic rings. The van der Waals surface area contributed by atoms with Crippen LogP contribution in [0.15, 0.2) is 48.5 Å². The lowest BCUT2D eigenvalue weighted by Gasteiger charge is -2.28. The Morgan fingerprint density at radius 2 is 1.63 bits per heavy atom. The molecule has 6 heteroatoms. The Morgan fingerprint density at radius 3 is 2.17 bits per heavy atom. The second-order valence-electron chi connectivity index (χ2n) is 8.72. The van der Waals surface area contributed by atoms with Crippen molar-refractivity contribution in [2.45, 2.75) is 63.3 Å². The van der Waals surface area contributed by atoms with E-state index in [1.165, 1.54) is 43.0 Å². The van der Waals surface area contributed by atoms with E-state index in [0.717, 1.165) is 30.2 Å². The number of hydrogen-bond donors (Lipinski definition) is 0. The molecule has 1 fully saturated rings. The molecule has 0 saturated carbocycles. The molecule has 0 radical (unpaired) electrons. The SMILES string of the molecule is CC(C)CC[SiH]1CCC(c2ccc(C(=O)Oc3ccc(C(F)(F)F)cc3)cc2)CC1. The number of hydrogen-bond acceptors (Lipinski definition) is 2. The van der Waals surface area contributed by atoms with Gasteiger partial charge >= 0.3 is 12.1 Å². The summed E-state index contributed by atoms with van der Waals surface area (Å²) in [5, 5.41) is 0.